The SMILES string of the molecule is COc1cc(CN2CCN(CC3CC3)CC2)ccc1OCC(O)CN1CCCCCCC1. The molecule has 4 rings (SSSR count). The molecule has 3 fully saturated rings. The second kappa shape index (κ2) is 12.2. The van der Waals surface area contributed by atoms with Crippen LogP contribution in [0.25, 0.3) is 0 Å². The number of hydrogen-bond acceptors (Lipinski definition) is 6. The highest BCUT2D eigenvalue weighted by Gasteiger charge is 2.26. The number of aliphatic hydroxyl groups is 1. The van der Waals surface area contributed by atoms with Crippen LogP contribution in [0, 0.1) is 5.92 Å². The fourth-order valence-electron chi connectivity index (χ4n) is 5.02. The minimum atomic E-state index is -0.481. The average molecular weight is 446 g/mol. The molecule has 0 amide bonds. The van der Waals surface area contributed by atoms with Crippen LogP contribution in [0.1, 0.15) is 50.5 Å². The molecule has 2 aliphatic heterocycles. The molecule has 0 radical (unpaired) electrons. The lowest BCUT2D eigenvalue weighted by atomic mass is 10.1. The summed E-state index contributed by atoms with van der Waals surface area (Å²) in [6.45, 7) is 10.1. The number of likely N-dealkylation sites (tertiary alicyclic amines) is 1. The fourth-order valence-corrected chi connectivity index (χ4v) is 5.02. The zero-order chi connectivity index (χ0) is 22.2. The average Bonchev–Trinajstić information content (AvgIpc) is 3.60. The number of piperazine rings is 1. The van der Waals surface area contributed by atoms with Crippen LogP contribution in [0.3, 0.4) is 0 Å². The zero-order valence-electron chi connectivity index (χ0n) is 20.0. The normalized spacial score (nSPS) is 22.8. The van der Waals surface area contributed by atoms with Crippen LogP contribution in [0.15, 0.2) is 18.2 Å². The van der Waals surface area contributed by atoms with Crippen molar-refractivity contribution in [3.8, 4) is 11.5 Å². The predicted molar refractivity (Wildman–Crippen MR) is 128 cm³/mol. The van der Waals surface area contributed by atoms with Crippen molar-refractivity contribution in [1.29, 1.82) is 0 Å². The predicted octanol–water partition coefficient (Wildman–Crippen LogP) is 3.23. The Kier molecular flexibility index (Phi) is 9.09. The van der Waals surface area contributed by atoms with Crippen LogP contribution in [0.4, 0.5) is 0 Å². The Balaban J connectivity index is 1.22. The van der Waals surface area contributed by atoms with Gasteiger partial charge in [-0.2, -0.15) is 0 Å². The Labute approximate surface area is 194 Å². The third kappa shape index (κ3) is 7.62. The van der Waals surface area contributed by atoms with E-state index in [1.54, 1.807) is 7.11 Å². The molecule has 1 N–H and O–H groups in total. The largest absolute Gasteiger partial charge is 0.493 e. The Morgan fingerprint density at radius 1 is 0.875 bits per heavy atom. The van der Waals surface area contributed by atoms with Crippen molar-refractivity contribution in [2.24, 2.45) is 5.92 Å². The van der Waals surface area contributed by atoms with Gasteiger partial charge in [0.2, 0.25) is 0 Å². The number of ether oxygens (including phenoxy) is 2. The van der Waals surface area contributed by atoms with Gasteiger partial charge in [0.15, 0.2) is 11.5 Å². The number of β-amino-alcohol motifs (C(OH)–C–C–N with tert-alkyl or cyclic N) is 1. The van der Waals surface area contributed by atoms with Crippen LogP contribution >= 0.6 is 0 Å². The highest BCUT2D eigenvalue weighted by atomic mass is 16.5. The quantitative estimate of drug-likeness (QED) is 0.597. The second-order valence-electron chi connectivity index (χ2n) is 10.0. The van der Waals surface area contributed by atoms with E-state index < -0.39 is 6.10 Å². The van der Waals surface area contributed by atoms with Gasteiger partial charge in [0.25, 0.3) is 0 Å². The van der Waals surface area contributed by atoms with Gasteiger partial charge in [0.1, 0.15) is 12.7 Å². The first-order valence-electron chi connectivity index (χ1n) is 12.8. The lowest BCUT2D eigenvalue weighted by Gasteiger charge is -2.34. The van der Waals surface area contributed by atoms with Crippen molar-refractivity contribution in [2.75, 3.05) is 66.1 Å². The van der Waals surface area contributed by atoms with E-state index in [1.807, 2.05) is 6.07 Å². The molecular formula is C26H43N3O3. The van der Waals surface area contributed by atoms with Gasteiger partial charge in [-0.15, -0.1) is 0 Å². The molecule has 2 heterocycles. The molecule has 6 nitrogen and oxygen atoms in total. The van der Waals surface area contributed by atoms with E-state index in [0.29, 0.717) is 13.2 Å². The number of nitrogens with zero attached hydrogens (tertiary/aromatic N) is 3. The second-order valence-corrected chi connectivity index (χ2v) is 10.0. The number of hydrogen-bond donors (Lipinski definition) is 1. The summed E-state index contributed by atoms with van der Waals surface area (Å²) in [5.41, 5.74) is 1.26. The highest BCUT2D eigenvalue weighted by Crippen LogP contribution is 2.31. The van der Waals surface area contributed by atoms with Crippen LogP contribution < -0.4 is 9.47 Å². The molecule has 1 aromatic carbocycles. The first-order valence-corrected chi connectivity index (χ1v) is 12.8. The summed E-state index contributed by atoms with van der Waals surface area (Å²) in [4.78, 5) is 7.55. The maximum atomic E-state index is 10.5. The molecule has 6 heteroatoms. The molecular weight excluding hydrogens is 402 g/mol. The summed E-state index contributed by atoms with van der Waals surface area (Å²) in [5, 5.41) is 10.5. The monoisotopic (exact) mass is 445 g/mol. The molecule has 3 aliphatic rings. The molecule has 32 heavy (non-hydrogen) atoms. The summed E-state index contributed by atoms with van der Waals surface area (Å²) in [7, 11) is 1.69. The summed E-state index contributed by atoms with van der Waals surface area (Å²) in [5.74, 6) is 2.45. The third-order valence-corrected chi connectivity index (χ3v) is 7.16. The van der Waals surface area contributed by atoms with Crippen molar-refractivity contribution < 1.29 is 14.6 Å². The molecule has 0 spiro atoms. The number of aliphatic hydroxyl groups excluding tert-OH is 1. The maximum absolute atomic E-state index is 10.5. The first kappa shape index (κ1) is 23.8. The third-order valence-electron chi connectivity index (χ3n) is 7.16. The topological polar surface area (TPSA) is 48.4 Å². The highest BCUT2D eigenvalue weighted by molar-refractivity contribution is 5.43. The van der Waals surface area contributed by atoms with E-state index in [1.165, 1.54) is 70.1 Å². The van der Waals surface area contributed by atoms with E-state index in [0.717, 1.165) is 50.1 Å². The summed E-state index contributed by atoms with van der Waals surface area (Å²) in [6.07, 6.45) is 8.83. The Morgan fingerprint density at radius 3 is 2.25 bits per heavy atom. The molecule has 2 saturated heterocycles. The van der Waals surface area contributed by atoms with Crippen molar-refractivity contribution in [1.82, 2.24) is 14.7 Å². The van der Waals surface area contributed by atoms with Crippen molar-refractivity contribution >= 4 is 0 Å². The van der Waals surface area contributed by atoms with Gasteiger partial charge in [0, 0.05) is 45.8 Å². The minimum Gasteiger partial charge on any atom is -0.493 e. The van der Waals surface area contributed by atoms with Crippen molar-refractivity contribution in [2.45, 2.75) is 57.6 Å². The smallest absolute Gasteiger partial charge is 0.161 e. The van der Waals surface area contributed by atoms with E-state index in [9.17, 15) is 5.11 Å². The lowest BCUT2D eigenvalue weighted by Crippen LogP contribution is -2.46. The van der Waals surface area contributed by atoms with E-state index in [-0.39, 0.29) is 0 Å². The van der Waals surface area contributed by atoms with Gasteiger partial charge in [-0.25, -0.2) is 0 Å². The molecule has 1 atom stereocenters. The molecule has 1 aliphatic carbocycles. The van der Waals surface area contributed by atoms with Crippen LogP contribution in [0.5, 0.6) is 11.5 Å². The van der Waals surface area contributed by atoms with Crippen LogP contribution in [0.2, 0.25) is 0 Å². The fraction of sp³-hybridized carbons (Fsp3) is 0.769. The van der Waals surface area contributed by atoms with E-state index in [2.05, 4.69) is 26.8 Å². The Bertz CT molecular complexity index is 681. The molecule has 180 valence electrons. The van der Waals surface area contributed by atoms with Crippen LogP contribution in [-0.4, -0.2) is 92.0 Å². The molecule has 1 aromatic rings. The summed E-state index contributed by atoms with van der Waals surface area (Å²) >= 11 is 0. The minimum absolute atomic E-state index is 0.301. The Hall–Kier alpha value is -1.34. The number of methoxy groups -OCH3 is 1. The molecule has 0 aromatic heterocycles. The Morgan fingerprint density at radius 2 is 1.56 bits per heavy atom. The maximum Gasteiger partial charge on any atom is 0.161 e. The molecule has 1 saturated carbocycles. The van der Waals surface area contributed by atoms with E-state index in [4.69, 9.17) is 9.47 Å². The van der Waals surface area contributed by atoms with Gasteiger partial charge < -0.3 is 24.4 Å². The first-order chi connectivity index (χ1) is 15.7. The van der Waals surface area contributed by atoms with Crippen LogP contribution in [-0.2, 0) is 6.54 Å². The molecule has 1 unspecified atom stereocenters. The van der Waals surface area contributed by atoms with Crippen molar-refractivity contribution in [3.63, 3.8) is 0 Å². The van der Waals surface area contributed by atoms with Gasteiger partial charge in [-0.3, -0.25) is 4.90 Å². The summed E-state index contributed by atoms with van der Waals surface area (Å²) in [6, 6.07) is 6.23. The van der Waals surface area contributed by atoms with Gasteiger partial charge >= 0.3 is 0 Å². The standard InChI is InChI=1S/C26H43N3O3/c1-31-26-17-23(19-29-15-13-28(14-16-29)18-22-7-8-22)9-10-25(26)32-21-24(30)20-27-11-5-3-2-4-6-12-27/h9-10,17,22,24,30H,2-8,11-16,18-21H2,1H3. The van der Waals surface area contributed by atoms with Gasteiger partial charge in [0.05, 0.1) is 7.11 Å². The summed E-state index contributed by atoms with van der Waals surface area (Å²) < 4.78 is 11.6. The number of benzene rings is 1. The van der Waals surface area contributed by atoms with E-state index >= 15 is 0 Å². The number of rotatable bonds is 10. The molecule has 0 bridgehead atoms. The van der Waals surface area contributed by atoms with Crippen molar-refractivity contribution in [3.05, 3.63) is 23.8 Å². The van der Waals surface area contributed by atoms with Gasteiger partial charge in [-0.05, 0) is 62.4 Å². The lowest BCUT2D eigenvalue weighted by molar-refractivity contribution is 0.0644. The van der Waals surface area contributed by atoms with Gasteiger partial charge in [-0.1, -0.05) is 25.3 Å². The zero-order valence-corrected chi connectivity index (χ0v) is 20.0.